The zero-order valence-corrected chi connectivity index (χ0v) is 5.92. The Morgan fingerprint density at radius 2 is 2.50 bits per heavy atom. The third-order valence-corrected chi connectivity index (χ3v) is 0.853. The van der Waals surface area contributed by atoms with Gasteiger partial charge in [0.2, 0.25) is 6.41 Å². The summed E-state index contributed by atoms with van der Waals surface area (Å²) < 4.78 is 0. The van der Waals surface area contributed by atoms with E-state index < -0.39 is 0 Å². The molecule has 5 nitrogen and oxygen atoms in total. The monoisotopic (exact) mass is 144 g/mol. The molecule has 0 heterocycles. The maximum Gasteiger partial charge on any atom is 0.212 e. The molecule has 0 bridgehead atoms. The molecule has 4 N–H and O–H groups in total. The van der Waals surface area contributed by atoms with Crippen LogP contribution in [0.5, 0.6) is 0 Å². The fourth-order valence-corrected chi connectivity index (χ4v) is 0.500. The van der Waals surface area contributed by atoms with Crippen molar-refractivity contribution in [2.24, 2.45) is 10.8 Å². The van der Waals surface area contributed by atoms with Gasteiger partial charge >= 0.3 is 0 Å². The minimum Gasteiger partial charge on any atom is -0.330 e. The molecule has 10 heavy (non-hydrogen) atoms. The normalized spacial score (nSPS) is 10.8. The molecule has 0 spiro atoms. The van der Waals surface area contributed by atoms with Gasteiger partial charge in [-0.3, -0.25) is 4.79 Å². The van der Waals surface area contributed by atoms with E-state index in [1.165, 1.54) is 0 Å². The van der Waals surface area contributed by atoms with Crippen molar-refractivity contribution >= 4 is 12.2 Å². The zero-order valence-electron chi connectivity index (χ0n) is 5.92. The van der Waals surface area contributed by atoms with E-state index in [2.05, 4.69) is 15.8 Å². The van der Waals surface area contributed by atoms with E-state index in [0.717, 1.165) is 0 Å². The van der Waals surface area contributed by atoms with Crippen LogP contribution in [-0.4, -0.2) is 25.8 Å². The Morgan fingerprint density at radius 1 is 1.80 bits per heavy atom. The third kappa shape index (κ3) is 3.85. The number of rotatable bonds is 4. The van der Waals surface area contributed by atoms with E-state index in [-0.39, 0.29) is 0 Å². The Morgan fingerprint density at radius 3 is 2.90 bits per heavy atom. The van der Waals surface area contributed by atoms with Crippen LogP contribution in [0.2, 0.25) is 0 Å². The summed E-state index contributed by atoms with van der Waals surface area (Å²) in [5.41, 5.74) is 7.77. The van der Waals surface area contributed by atoms with Crippen LogP contribution in [0.4, 0.5) is 0 Å². The van der Waals surface area contributed by atoms with Gasteiger partial charge in [0.15, 0.2) is 0 Å². The van der Waals surface area contributed by atoms with Crippen LogP contribution in [0.25, 0.3) is 0 Å². The second-order valence-electron chi connectivity index (χ2n) is 1.58. The highest BCUT2D eigenvalue weighted by Gasteiger charge is 1.92. The molecule has 0 aromatic rings. The van der Waals surface area contributed by atoms with Crippen molar-refractivity contribution < 1.29 is 4.79 Å². The number of nitrogens with two attached hydrogens (primary N) is 1. The zero-order chi connectivity index (χ0) is 7.82. The summed E-state index contributed by atoms with van der Waals surface area (Å²) in [6, 6.07) is 0. The molecule has 58 valence electrons. The van der Waals surface area contributed by atoms with Gasteiger partial charge in [-0.25, -0.2) is 0 Å². The average molecular weight is 144 g/mol. The van der Waals surface area contributed by atoms with E-state index >= 15 is 0 Å². The van der Waals surface area contributed by atoms with E-state index in [1.807, 2.05) is 0 Å². The van der Waals surface area contributed by atoms with Crippen LogP contribution in [-0.2, 0) is 4.79 Å². The highest BCUT2D eigenvalue weighted by atomic mass is 16.1. The number of amidine groups is 1. The minimum absolute atomic E-state index is 0.474. The van der Waals surface area contributed by atoms with Gasteiger partial charge in [-0.15, -0.1) is 0 Å². The summed E-state index contributed by atoms with van der Waals surface area (Å²) >= 11 is 0. The van der Waals surface area contributed by atoms with E-state index in [1.54, 1.807) is 7.05 Å². The quantitative estimate of drug-likeness (QED) is 0.197. The van der Waals surface area contributed by atoms with Gasteiger partial charge in [-0.05, 0) is 6.54 Å². The van der Waals surface area contributed by atoms with Crippen molar-refractivity contribution in [2.75, 3.05) is 13.6 Å². The Kier molecular flexibility index (Phi) is 5.36. The lowest BCUT2D eigenvalue weighted by molar-refractivity contribution is -0.108. The number of nitrogens with zero attached hydrogens (tertiary/aromatic N) is 1. The summed E-state index contributed by atoms with van der Waals surface area (Å²) in [5.74, 6) is 0.556. The number of hydrogen-bond acceptors (Lipinski definition) is 4. The Labute approximate surface area is 59.7 Å². The van der Waals surface area contributed by atoms with Gasteiger partial charge in [-0.1, -0.05) is 0 Å². The van der Waals surface area contributed by atoms with Crippen molar-refractivity contribution in [3.8, 4) is 0 Å². The number of amides is 1. The van der Waals surface area contributed by atoms with Crippen LogP contribution in [0.1, 0.15) is 6.42 Å². The molecule has 1 amide bonds. The molecule has 0 fully saturated rings. The second kappa shape index (κ2) is 6.03. The van der Waals surface area contributed by atoms with E-state index in [9.17, 15) is 4.79 Å². The molecule has 0 atom stereocenters. The molecule has 0 saturated heterocycles. The van der Waals surface area contributed by atoms with Gasteiger partial charge in [0, 0.05) is 13.5 Å². The maximum absolute atomic E-state index is 9.90. The molecule has 5 heteroatoms. The van der Waals surface area contributed by atoms with Crippen LogP contribution in [0, 0.1) is 0 Å². The van der Waals surface area contributed by atoms with Crippen LogP contribution < -0.4 is 16.5 Å². The molecule has 0 aromatic heterocycles. The summed E-state index contributed by atoms with van der Waals surface area (Å²) in [6.45, 7) is 0.474. The van der Waals surface area contributed by atoms with Crippen molar-refractivity contribution in [3.63, 3.8) is 0 Å². The lowest BCUT2D eigenvalue weighted by atomic mass is 10.4. The smallest absolute Gasteiger partial charge is 0.212 e. The SMILES string of the molecule is CN/N=C(/CCN)NC=O. The number of nitrogens with one attached hydrogen (secondary N) is 2. The van der Waals surface area contributed by atoms with Gasteiger partial charge < -0.3 is 16.5 Å². The molecular weight excluding hydrogens is 132 g/mol. The molecular formula is C5H12N4O. The fraction of sp³-hybridized carbons (Fsp3) is 0.600. The first-order valence-electron chi connectivity index (χ1n) is 2.98. The standard InChI is InChI=1S/C5H12N4O/c1-7-9-5(2-3-6)8-4-10/h4,7H,2-3,6H2,1H3,(H,8,9,10). The van der Waals surface area contributed by atoms with E-state index in [0.29, 0.717) is 25.2 Å². The van der Waals surface area contributed by atoms with Gasteiger partial charge in [-0.2, -0.15) is 5.10 Å². The minimum atomic E-state index is 0.474. The Bertz CT molecular complexity index is 123. The average Bonchev–Trinajstić information content (AvgIpc) is 1.90. The number of hydrazone groups is 1. The number of carbonyl (C=O) groups excluding carboxylic acids is 1. The topological polar surface area (TPSA) is 79.5 Å². The van der Waals surface area contributed by atoms with E-state index in [4.69, 9.17) is 5.73 Å². The Balaban J connectivity index is 3.71. The lowest BCUT2D eigenvalue weighted by Crippen LogP contribution is -2.26. The molecule has 0 rings (SSSR count). The molecule has 0 radical (unpaired) electrons. The van der Waals surface area contributed by atoms with Crippen LogP contribution in [0.15, 0.2) is 5.10 Å². The molecule has 0 unspecified atom stereocenters. The first-order chi connectivity index (χ1) is 4.85. The Hall–Kier alpha value is -1.10. The predicted octanol–water partition coefficient (Wildman–Crippen LogP) is -1.39. The van der Waals surface area contributed by atoms with Crippen molar-refractivity contribution in [1.29, 1.82) is 0 Å². The first-order valence-corrected chi connectivity index (χ1v) is 2.98. The lowest BCUT2D eigenvalue weighted by Gasteiger charge is -2.00. The van der Waals surface area contributed by atoms with Crippen molar-refractivity contribution in [2.45, 2.75) is 6.42 Å². The van der Waals surface area contributed by atoms with Gasteiger partial charge in [0.05, 0.1) is 0 Å². The highest BCUT2D eigenvalue weighted by Crippen LogP contribution is 1.75. The van der Waals surface area contributed by atoms with Crippen molar-refractivity contribution in [3.05, 3.63) is 0 Å². The van der Waals surface area contributed by atoms with Crippen molar-refractivity contribution in [1.82, 2.24) is 10.7 Å². The first kappa shape index (κ1) is 8.90. The summed E-state index contributed by atoms with van der Waals surface area (Å²) in [5, 5.41) is 6.16. The van der Waals surface area contributed by atoms with Gasteiger partial charge in [0.25, 0.3) is 0 Å². The molecule has 0 aliphatic carbocycles. The number of hydrogen-bond donors (Lipinski definition) is 3. The maximum atomic E-state index is 9.90. The predicted molar refractivity (Wildman–Crippen MR) is 39.4 cm³/mol. The largest absolute Gasteiger partial charge is 0.330 e. The van der Waals surface area contributed by atoms with Crippen LogP contribution in [0.3, 0.4) is 0 Å². The van der Waals surface area contributed by atoms with Crippen LogP contribution >= 0.6 is 0 Å². The third-order valence-electron chi connectivity index (χ3n) is 0.853. The van der Waals surface area contributed by atoms with Gasteiger partial charge in [0.1, 0.15) is 5.84 Å². The molecule has 0 aliphatic rings. The molecule has 0 aliphatic heterocycles. The highest BCUT2D eigenvalue weighted by molar-refractivity contribution is 5.90. The summed E-state index contributed by atoms with van der Waals surface area (Å²) in [4.78, 5) is 9.90. The molecule has 0 saturated carbocycles. The number of carbonyl (C=O) groups is 1. The second-order valence-corrected chi connectivity index (χ2v) is 1.58. The summed E-state index contributed by atoms with van der Waals surface area (Å²) in [7, 11) is 1.66. The summed E-state index contributed by atoms with van der Waals surface area (Å²) in [6.07, 6.45) is 1.14. The molecule has 0 aromatic carbocycles. The fourth-order valence-electron chi connectivity index (χ4n) is 0.500.